The molecule has 6 heteroatoms. The Morgan fingerprint density at radius 1 is 1.25 bits per heavy atom. The molecule has 2 atom stereocenters. The Balaban J connectivity index is 1.65. The van der Waals surface area contributed by atoms with Gasteiger partial charge in [0.25, 0.3) is 0 Å². The summed E-state index contributed by atoms with van der Waals surface area (Å²) in [7, 11) is 1.74. The summed E-state index contributed by atoms with van der Waals surface area (Å²) in [6, 6.07) is 9.82. The number of benzene rings is 1. The molecule has 0 aliphatic heterocycles. The summed E-state index contributed by atoms with van der Waals surface area (Å²) in [4.78, 5) is 25.6. The van der Waals surface area contributed by atoms with Crippen molar-refractivity contribution < 1.29 is 9.59 Å². The molecule has 3 amide bonds. The number of rotatable bonds is 7. The molecule has 6 nitrogen and oxygen atoms in total. The van der Waals surface area contributed by atoms with Crippen LogP contribution in [-0.4, -0.2) is 43.0 Å². The molecule has 1 saturated carbocycles. The van der Waals surface area contributed by atoms with Crippen LogP contribution in [0.15, 0.2) is 30.3 Å². The van der Waals surface area contributed by atoms with Gasteiger partial charge in [0.15, 0.2) is 0 Å². The number of urea groups is 1. The Bertz CT molecular complexity index is 535. The van der Waals surface area contributed by atoms with E-state index in [2.05, 4.69) is 10.6 Å². The number of amides is 3. The Morgan fingerprint density at radius 2 is 2.00 bits per heavy atom. The van der Waals surface area contributed by atoms with Gasteiger partial charge in [0.05, 0.1) is 0 Å². The van der Waals surface area contributed by atoms with Crippen LogP contribution in [-0.2, 0) is 11.3 Å². The third-order valence-electron chi connectivity index (χ3n) is 4.55. The summed E-state index contributed by atoms with van der Waals surface area (Å²) in [5.74, 6) is 0.368. The quantitative estimate of drug-likeness (QED) is 0.706. The third kappa shape index (κ3) is 5.53. The minimum Gasteiger partial charge on any atom is -0.353 e. The summed E-state index contributed by atoms with van der Waals surface area (Å²) >= 11 is 0. The van der Waals surface area contributed by atoms with E-state index < -0.39 is 0 Å². The Hall–Kier alpha value is -2.08. The zero-order chi connectivity index (χ0) is 17.4. The van der Waals surface area contributed by atoms with Gasteiger partial charge >= 0.3 is 6.03 Å². The summed E-state index contributed by atoms with van der Waals surface area (Å²) in [5.41, 5.74) is 6.79. The van der Waals surface area contributed by atoms with Gasteiger partial charge in [-0.25, -0.2) is 4.79 Å². The van der Waals surface area contributed by atoms with Gasteiger partial charge in [-0.1, -0.05) is 36.8 Å². The molecule has 4 N–H and O–H groups in total. The van der Waals surface area contributed by atoms with E-state index in [0.29, 0.717) is 32.0 Å². The number of hydrogen-bond donors (Lipinski definition) is 3. The first kappa shape index (κ1) is 18.3. The highest BCUT2D eigenvalue weighted by molar-refractivity contribution is 5.78. The molecule has 0 radical (unpaired) electrons. The van der Waals surface area contributed by atoms with Crippen molar-refractivity contribution in [1.29, 1.82) is 0 Å². The highest BCUT2D eigenvalue weighted by atomic mass is 16.2. The smallest absolute Gasteiger partial charge is 0.317 e. The lowest BCUT2D eigenvalue weighted by atomic mass is 10.0. The van der Waals surface area contributed by atoms with E-state index >= 15 is 0 Å². The molecule has 2 unspecified atom stereocenters. The number of hydrogen-bond acceptors (Lipinski definition) is 3. The molecule has 0 saturated heterocycles. The average Bonchev–Trinajstić information content (AvgIpc) is 3.02. The maximum atomic E-state index is 12.0. The van der Waals surface area contributed by atoms with Crippen molar-refractivity contribution in [2.24, 2.45) is 11.7 Å². The van der Waals surface area contributed by atoms with Crippen LogP contribution in [0.4, 0.5) is 4.79 Å². The molecule has 1 aliphatic rings. The van der Waals surface area contributed by atoms with Crippen molar-refractivity contribution in [2.75, 3.05) is 20.1 Å². The van der Waals surface area contributed by atoms with Gasteiger partial charge < -0.3 is 21.3 Å². The van der Waals surface area contributed by atoms with E-state index in [1.807, 2.05) is 30.3 Å². The molecule has 0 spiro atoms. The molecule has 132 valence electrons. The van der Waals surface area contributed by atoms with Gasteiger partial charge in [-0.2, -0.15) is 0 Å². The third-order valence-corrected chi connectivity index (χ3v) is 4.55. The zero-order valence-corrected chi connectivity index (χ0v) is 14.3. The fraction of sp³-hybridized carbons (Fsp3) is 0.556. The molecule has 0 aromatic heterocycles. The van der Waals surface area contributed by atoms with E-state index in [1.54, 1.807) is 11.9 Å². The SMILES string of the molecule is CN(Cc1ccccc1)C(=O)NCCC(=O)NC1CCCC1CN. The lowest BCUT2D eigenvalue weighted by Crippen LogP contribution is -2.42. The number of carbonyl (C=O) groups excluding carboxylic acids is 2. The molecule has 0 bridgehead atoms. The molecule has 1 aliphatic carbocycles. The number of carbonyl (C=O) groups is 2. The van der Waals surface area contributed by atoms with Crippen LogP contribution in [0, 0.1) is 5.92 Å². The topological polar surface area (TPSA) is 87.5 Å². The van der Waals surface area contributed by atoms with Gasteiger partial charge in [0.1, 0.15) is 0 Å². The molecular weight excluding hydrogens is 304 g/mol. The van der Waals surface area contributed by atoms with Gasteiger partial charge in [0, 0.05) is 32.6 Å². The molecule has 0 heterocycles. The second kappa shape index (κ2) is 9.27. The lowest BCUT2D eigenvalue weighted by Gasteiger charge is -2.20. The fourth-order valence-electron chi connectivity index (χ4n) is 3.13. The maximum absolute atomic E-state index is 12.0. The Morgan fingerprint density at radius 3 is 2.71 bits per heavy atom. The van der Waals surface area contributed by atoms with Gasteiger partial charge in [0.2, 0.25) is 5.91 Å². The van der Waals surface area contributed by atoms with Crippen molar-refractivity contribution in [3.05, 3.63) is 35.9 Å². The summed E-state index contributed by atoms with van der Waals surface area (Å²) in [5, 5.41) is 5.82. The van der Waals surface area contributed by atoms with Crippen LogP contribution in [0.5, 0.6) is 0 Å². The summed E-state index contributed by atoms with van der Waals surface area (Å²) in [6.07, 6.45) is 3.49. The van der Waals surface area contributed by atoms with Crippen molar-refractivity contribution in [1.82, 2.24) is 15.5 Å². The highest BCUT2D eigenvalue weighted by Gasteiger charge is 2.27. The highest BCUT2D eigenvalue weighted by Crippen LogP contribution is 2.24. The number of nitrogens with one attached hydrogen (secondary N) is 2. The van der Waals surface area contributed by atoms with Crippen LogP contribution < -0.4 is 16.4 Å². The average molecular weight is 332 g/mol. The monoisotopic (exact) mass is 332 g/mol. The van der Waals surface area contributed by atoms with Crippen LogP contribution >= 0.6 is 0 Å². The predicted octanol–water partition coefficient (Wildman–Crippen LogP) is 1.46. The second-order valence-electron chi connectivity index (χ2n) is 6.42. The van der Waals surface area contributed by atoms with Gasteiger partial charge in [-0.15, -0.1) is 0 Å². The van der Waals surface area contributed by atoms with E-state index in [9.17, 15) is 9.59 Å². The molecule has 1 fully saturated rings. The Labute approximate surface area is 143 Å². The van der Waals surface area contributed by atoms with Crippen LogP contribution in [0.1, 0.15) is 31.2 Å². The number of nitrogens with zero attached hydrogens (tertiary/aromatic N) is 1. The van der Waals surface area contributed by atoms with Crippen molar-refractivity contribution in [3.8, 4) is 0 Å². The minimum atomic E-state index is -0.174. The standard InChI is InChI=1S/C18H28N4O2/c1-22(13-14-6-3-2-4-7-14)18(24)20-11-10-17(23)21-16-9-5-8-15(16)12-19/h2-4,6-7,15-16H,5,8-13,19H2,1H3,(H,20,24)(H,21,23). The molecule has 24 heavy (non-hydrogen) atoms. The molecule has 1 aromatic carbocycles. The lowest BCUT2D eigenvalue weighted by molar-refractivity contribution is -0.121. The van der Waals surface area contributed by atoms with Gasteiger partial charge in [-0.05, 0) is 30.9 Å². The van der Waals surface area contributed by atoms with Crippen LogP contribution in [0.3, 0.4) is 0 Å². The zero-order valence-electron chi connectivity index (χ0n) is 14.3. The Kier molecular flexibility index (Phi) is 7.06. The molecular formula is C18H28N4O2. The first-order valence-corrected chi connectivity index (χ1v) is 8.62. The largest absolute Gasteiger partial charge is 0.353 e. The van der Waals surface area contributed by atoms with E-state index in [-0.39, 0.29) is 18.0 Å². The first-order chi connectivity index (χ1) is 11.6. The summed E-state index contributed by atoms with van der Waals surface area (Å²) in [6.45, 7) is 1.49. The normalized spacial score (nSPS) is 19.8. The second-order valence-corrected chi connectivity index (χ2v) is 6.42. The van der Waals surface area contributed by atoms with Crippen molar-refractivity contribution in [2.45, 2.75) is 38.3 Å². The first-order valence-electron chi connectivity index (χ1n) is 8.62. The predicted molar refractivity (Wildman–Crippen MR) is 94.3 cm³/mol. The number of nitrogens with two attached hydrogens (primary N) is 1. The van der Waals surface area contributed by atoms with E-state index in [1.165, 1.54) is 0 Å². The maximum Gasteiger partial charge on any atom is 0.317 e. The molecule has 1 aromatic rings. The van der Waals surface area contributed by atoms with Crippen LogP contribution in [0.2, 0.25) is 0 Å². The fourth-order valence-corrected chi connectivity index (χ4v) is 3.13. The van der Waals surface area contributed by atoms with Crippen molar-refractivity contribution >= 4 is 11.9 Å². The minimum absolute atomic E-state index is 0.0219. The van der Waals surface area contributed by atoms with E-state index in [4.69, 9.17) is 5.73 Å². The molecule has 2 rings (SSSR count). The van der Waals surface area contributed by atoms with Crippen molar-refractivity contribution in [3.63, 3.8) is 0 Å². The van der Waals surface area contributed by atoms with Gasteiger partial charge in [-0.3, -0.25) is 4.79 Å². The van der Waals surface area contributed by atoms with E-state index in [0.717, 1.165) is 24.8 Å². The summed E-state index contributed by atoms with van der Waals surface area (Å²) < 4.78 is 0. The van der Waals surface area contributed by atoms with Crippen LogP contribution in [0.25, 0.3) is 0 Å².